The standard InChI is InChI=1S/C38H80Si/c1-5-7-9-11-13-15-17-19-21-23-25-27-29-31-33-35-37-39(3,4)38-36-34-32-30-28-26-24-22-20-18-16-14-12-10-8-6-2/h5-38H2,1-4H3. The van der Waals surface area contributed by atoms with Crippen molar-refractivity contribution in [3.8, 4) is 0 Å². The molecule has 236 valence electrons. The minimum Gasteiger partial charge on any atom is -0.0693 e. The number of unbranched alkanes of at least 4 members (excludes halogenated alkanes) is 30. The number of hydrogen-bond donors (Lipinski definition) is 0. The van der Waals surface area contributed by atoms with Crippen molar-refractivity contribution in [2.75, 3.05) is 0 Å². The molecule has 0 radical (unpaired) electrons. The van der Waals surface area contributed by atoms with Gasteiger partial charge in [-0.3, -0.25) is 0 Å². The highest BCUT2D eigenvalue weighted by Gasteiger charge is 2.18. The summed E-state index contributed by atoms with van der Waals surface area (Å²) in [5.74, 6) is 0. The summed E-state index contributed by atoms with van der Waals surface area (Å²) in [7, 11) is -0.918. The van der Waals surface area contributed by atoms with Gasteiger partial charge in [0.2, 0.25) is 0 Å². The first-order valence-corrected chi connectivity index (χ1v) is 22.5. The first kappa shape index (κ1) is 39.2. The highest BCUT2D eigenvalue weighted by Crippen LogP contribution is 2.24. The van der Waals surface area contributed by atoms with Crippen molar-refractivity contribution in [3.05, 3.63) is 0 Å². The van der Waals surface area contributed by atoms with E-state index in [-0.39, 0.29) is 0 Å². The molecule has 0 aromatic heterocycles. The molecule has 0 aromatic rings. The van der Waals surface area contributed by atoms with Gasteiger partial charge in [-0.1, -0.05) is 244 Å². The van der Waals surface area contributed by atoms with Crippen molar-refractivity contribution >= 4 is 8.07 Å². The van der Waals surface area contributed by atoms with Crippen LogP contribution in [0.4, 0.5) is 0 Å². The first-order chi connectivity index (χ1) is 19.1. The van der Waals surface area contributed by atoms with E-state index in [2.05, 4.69) is 26.9 Å². The third-order valence-electron chi connectivity index (χ3n) is 9.41. The van der Waals surface area contributed by atoms with Crippen molar-refractivity contribution in [1.82, 2.24) is 0 Å². The molecule has 1 heteroatoms. The van der Waals surface area contributed by atoms with Crippen molar-refractivity contribution in [1.29, 1.82) is 0 Å². The Bertz CT molecular complexity index is 390. The van der Waals surface area contributed by atoms with Gasteiger partial charge in [-0.2, -0.15) is 0 Å². The highest BCUT2D eigenvalue weighted by molar-refractivity contribution is 6.77. The zero-order chi connectivity index (χ0) is 28.5. The quantitative estimate of drug-likeness (QED) is 0.0538. The van der Waals surface area contributed by atoms with E-state index in [1.807, 2.05) is 0 Å². The van der Waals surface area contributed by atoms with Gasteiger partial charge in [0.05, 0.1) is 0 Å². The summed E-state index contributed by atoms with van der Waals surface area (Å²) in [6.45, 7) is 9.96. The van der Waals surface area contributed by atoms with Gasteiger partial charge in [-0.25, -0.2) is 0 Å². The molecule has 0 rings (SSSR count). The minimum atomic E-state index is -0.918. The zero-order valence-corrected chi connectivity index (χ0v) is 29.5. The van der Waals surface area contributed by atoms with Gasteiger partial charge in [0.1, 0.15) is 0 Å². The summed E-state index contributed by atoms with van der Waals surface area (Å²) in [4.78, 5) is 0. The van der Waals surface area contributed by atoms with Gasteiger partial charge < -0.3 is 0 Å². The summed E-state index contributed by atoms with van der Waals surface area (Å²) >= 11 is 0. The summed E-state index contributed by atoms with van der Waals surface area (Å²) in [5, 5.41) is 0. The second-order valence-corrected chi connectivity index (χ2v) is 19.6. The van der Waals surface area contributed by atoms with Crippen LogP contribution in [0.15, 0.2) is 0 Å². The van der Waals surface area contributed by atoms with E-state index in [0.717, 1.165) is 0 Å². The summed E-state index contributed by atoms with van der Waals surface area (Å²) in [5.41, 5.74) is 0. The van der Waals surface area contributed by atoms with Crippen LogP contribution in [-0.4, -0.2) is 8.07 Å². The Labute approximate surface area is 252 Å². The van der Waals surface area contributed by atoms with Crippen molar-refractivity contribution in [2.24, 2.45) is 0 Å². The normalized spacial score (nSPS) is 12.0. The van der Waals surface area contributed by atoms with Gasteiger partial charge in [0.25, 0.3) is 0 Å². The Morgan fingerprint density at radius 3 is 0.564 bits per heavy atom. The van der Waals surface area contributed by atoms with Crippen LogP contribution < -0.4 is 0 Å². The molecule has 0 aliphatic carbocycles. The van der Waals surface area contributed by atoms with Gasteiger partial charge in [0, 0.05) is 8.07 Å². The van der Waals surface area contributed by atoms with Gasteiger partial charge in [0.15, 0.2) is 0 Å². The van der Waals surface area contributed by atoms with E-state index in [4.69, 9.17) is 0 Å². The van der Waals surface area contributed by atoms with E-state index in [1.165, 1.54) is 205 Å². The molecule has 0 aliphatic rings. The molecule has 0 atom stereocenters. The third kappa shape index (κ3) is 34.3. The van der Waals surface area contributed by atoms with Crippen LogP contribution in [-0.2, 0) is 0 Å². The molecule has 0 bridgehead atoms. The maximum Gasteiger partial charge on any atom is 0.0473 e. The fraction of sp³-hybridized carbons (Fsp3) is 1.00. The lowest BCUT2D eigenvalue weighted by molar-refractivity contribution is 0.530. The van der Waals surface area contributed by atoms with Gasteiger partial charge >= 0.3 is 0 Å². The lowest BCUT2D eigenvalue weighted by atomic mass is 10.0. The molecule has 0 aliphatic heterocycles. The zero-order valence-electron chi connectivity index (χ0n) is 28.5. The Morgan fingerprint density at radius 2 is 0.385 bits per heavy atom. The minimum absolute atomic E-state index is 0.918. The molecule has 0 unspecified atom stereocenters. The monoisotopic (exact) mass is 565 g/mol. The Morgan fingerprint density at radius 1 is 0.231 bits per heavy atom. The predicted octanol–water partition coefficient (Wildman–Crippen LogP) is 15.2. The van der Waals surface area contributed by atoms with Crippen LogP contribution in [0.25, 0.3) is 0 Å². The molecule has 0 aromatic carbocycles. The predicted molar refractivity (Wildman–Crippen MR) is 186 cm³/mol. The first-order valence-electron chi connectivity index (χ1n) is 19.1. The molecule has 0 heterocycles. The van der Waals surface area contributed by atoms with Crippen molar-refractivity contribution in [3.63, 3.8) is 0 Å². The maximum absolute atomic E-state index is 2.67. The van der Waals surface area contributed by atoms with E-state index < -0.39 is 8.07 Å². The molecule has 39 heavy (non-hydrogen) atoms. The summed E-state index contributed by atoms with van der Waals surface area (Å²) < 4.78 is 0. The SMILES string of the molecule is CCCCCCCCCCCCCCCCCC[Si](C)(C)CCCCCCCCCCCCCCCCCC. The molecule has 0 nitrogen and oxygen atoms in total. The van der Waals surface area contributed by atoms with Crippen molar-refractivity contribution < 1.29 is 0 Å². The molecule has 0 fully saturated rings. The van der Waals surface area contributed by atoms with Crippen LogP contribution in [0.3, 0.4) is 0 Å². The number of hydrogen-bond acceptors (Lipinski definition) is 0. The topological polar surface area (TPSA) is 0 Å². The molecular weight excluding hydrogens is 485 g/mol. The van der Waals surface area contributed by atoms with E-state index >= 15 is 0 Å². The third-order valence-corrected chi connectivity index (χ3v) is 12.8. The van der Waals surface area contributed by atoms with E-state index in [9.17, 15) is 0 Å². The van der Waals surface area contributed by atoms with Crippen LogP contribution in [0.5, 0.6) is 0 Å². The van der Waals surface area contributed by atoms with Gasteiger partial charge in [-0.15, -0.1) is 0 Å². The van der Waals surface area contributed by atoms with Crippen LogP contribution in [0.1, 0.15) is 219 Å². The lowest BCUT2D eigenvalue weighted by Crippen LogP contribution is -2.24. The highest BCUT2D eigenvalue weighted by atomic mass is 28.3. The summed E-state index contributed by atoms with van der Waals surface area (Å²) in [6.07, 6.45) is 47.5. The van der Waals surface area contributed by atoms with E-state index in [0.29, 0.717) is 0 Å². The smallest absolute Gasteiger partial charge is 0.0473 e. The van der Waals surface area contributed by atoms with Crippen molar-refractivity contribution in [2.45, 2.75) is 244 Å². The maximum atomic E-state index is 2.67. The van der Waals surface area contributed by atoms with Crippen LogP contribution in [0.2, 0.25) is 25.2 Å². The second kappa shape index (κ2) is 32.7. The fourth-order valence-electron chi connectivity index (χ4n) is 6.43. The van der Waals surface area contributed by atoms with Crippen LogP contribution >= 0.6 is 0 Å². The molecule has 0 amide bonds. The fourth-order valence-corrected chi connectivity index (χ4v) is 9.09. The number of rotatable bonds is 34. The van der Waals surface area contributed by atoms with E-state index in [1.54, 1.807) is 12.1 Å². The summed E-state index contributed by atoms with van der Waals surface area (Å²) in [6, 6.07) is 3.17. The average Bonchev–Trinajstić information content (AvgIpc) is 2.92. The molecular formula is C38H80Si. The largest absolute Gasteiger partial charge is 0.0693 e. The Balaban J connectivity index is 3.26. The molecule has 0 spiro atoms. The van der Waals surface area contributed by atoms with Gasteiger partial charge in [-0.05, 0) is 0 Å². The van der Waals surface area contributed by atoms with Crippen LogP contribution in [0, 0.1) is 0 Å². The molecule has 0 saturated carbocycles. The molecule has 0 N–H and O–H groups in total. The average molecular weight is 565 g/mol. The Hall–Kier alpha value is 0.217. The second-order valence-electron chi connectivity index (χ2n) is 14.3. The lowest BCUT2D eigenvalue weighted by Gasteiger charge is -2.22. The Kier molecular flexibility index (Phi) is 32.9. The molecule has 0 saturated heterocycles.